The van der Waals surface area contributed by atoms with Gasteiger partial charge in [0.25, 0.3) is 5.79 Å². The maximum absolute atomic E-state index is 7.25. The molecule has 2 aliphatic heterocycles. The molecule has 8 aromatic rings. The second-order valence-electron chi connectivity index (χ2n) is 13.4. The number of fused-ring (bicyclic) bond motifs is 8. The van der Waals surface area contributed by atoms with E-state index in [4.69, 9.17) is 9.47 Å². The topological polar surface area (TPSA) is 26.6 Å². The standard InChI is InChI=1S/C46H34N2O2/c1-31-15-9-12-22-40(31)47(2)34-25-27-43-38(29-34)45(32-16-5-3-6-17-32)39-30-35(26-28-44(39)50-46(45,49-43)33-18-7-4-8-19-33)48-41-23-13-10-20-36(41)37-21-11-14-24-42(37)48/h3-30H,1-2H3. The molecule has 0 radical (unpaired) electrons. The summed E-state index contributed by atoms with van der Waals surface area (Å²) in [5.74, 6) is 0.442. The predicted molar refractivity (Wildman–Crippen MR) is 202 cm³/mol. The minimum atomic E-state index is -1.18. The van der Waals surface area contributed by atoms with Crippen LogP contribution in [0.15, 0.2) is 170 Å². The molecule has 0 saturated carbocycles. The number of rotatable bonds is 5. The summed E-state index contributed by atoms with van der Waals surface area (Å²) in [6.45, 7) is 2.16. The van der Waals surface area contributed by atoms with Crippen LogP contribution in [-0.2, 0) is 11.2 Å². The van der Waals surface area contributed by atoms with Gasteiger partial charge in [0, 0.05) is 51.6 Å². The zero-order chi connectivity index (χ0) is 33.5. The third-order valence-corrected chi connectivity index (χ3v) is 10.8. The van der Waals surface area contributed by atoms with E-state index in [9.17, 15) is 0 Å². The summed E-state index contributed by atoms with van der Waals surface area (Å²) in [7, 11) is 2.14. The Bertz CT molecular complexity index is 2540. The van der Waals surface area contributed by atoms with Gasteiger partial charge in [0.05, 0.1) is 11.0 Å². The van der Waals surface area contributed by atoms with E-state index in [1.165, 1.54) is 27.4 Å². The third kappa shape index (κ3) is 3.76. The van der Waals surface area contributed by atoms with Crippen molar-refractivity contribution in [2.24, 2.45) is 0 Å². The monoisotopic (exact) mass is 646 g/mol. The van der Waals surface area contributed by atoms with Gasteiger partial charge in [0.1, 0.15) is 16.9 Å². The molecule has 0 spiro atoms. The fourth-order valence-corrected chi connectivity index (χ4v) is 8.59. The summed E-state index contributed by atoms with van der Waals surface area (Å²) in [5.41, 5.74) is 10.2. The van der Waals surface area contributed by atoms with Crippen molar-refractivity contribution < 1.29 is 9.47 Å². The Kier molecular flexibility index (Phi) is 6.10. The SMILES string of the molecule is Cc1ccccc1N(C)c1ccc2c(c1)C1(c3ccccc3)c3cc(-n4c5ccccc5c5ccccc54)ccc3OC1(c1ccccc1)O2. The number of hydrogen-bond acceptors (Lipinski definition) is 3. The molecule has 4 heteroatoms. The zero-order valence-corrected chi connectivity index (χ0v) is 27.9. The molecule has 0 aliphatic carbocycles. The predicted octanol–water partition coefficient (Wildman–Crippen LogP) is 10.8. The van der Waals surface area contributed by atoms with Gasteiger partial charge in [0.15, 0.2) is 0 Å². The molecule has 2 aliphatic rings. The first-order valence-corrected chi connectivity index (χ1v) is 17.2. The minimum Gasteiger partial charge on any atom is -0.446 e. The van der Waals surface area contributed by atoms with Crippen LogP contribution in [0.5, 0.6) is 11.5 Å². The van der Waals surface area contributed by atoms with Gasteiger partial charge >= 0.3 is 0 Å². The molecule has 0 bridgehead atoms. The minimum absolute atomic E-state index is 0.811. The van der Waals surface area contributed by atoms with Crippen LogP contribution >= 0.6 is 0 Å². The molecule has 3 heterocycles. The van der Waals surface area contributed by atoms with Gasteiger partial charge in [-0.1, -0.05) is 115 Å². The highest BCUT2D eigenvalue weighted by Crippen LogP contribution is 2.67. The van der Waals surface area contributed by atoms with Crippen LogP contribution in [0, 0.1) is 6.92 Å². The number of aromatic nitrogens is 1. The first-order chi connectivity index (χ1) is 24.6. The largest absolute Gasteiger partial charge is 0.446 e. The Labute approximate surface area is 291 Å². The van der Waals surface area contributed by atoms with Gasteiger partial charge in [-0.25, -0.2) is 0 Å². The second-order valence-corrected chi connectivity index (χ2v) is 13.4. The first-order valence-electron chi connectivity index (χ1n) is 17.2. The van der Waals surface area contributed by atoms with Gasteiger partial charge in [-0.15, -0.1) is 0 Å². The van der Waals surface area contributed by atoms with Gasteiger partial charge in [-0.05, 0) is 72.6 Å². The normalized spacial score (nSPS) is 18.7. The van der Waals surface area contributed by atoms with E-state index in [1.54, 1.807) is 0 Å². The van der Waals surface area contributed by atoms with E-state index < -0.39 is 11.2 Å². The van der Waals surface area contributed by atoms with Gasteiger partial charge in [-0.2, -0.15) is 0 Å². The smallest absolute Gasteiger partial charge is 0.296 e. The van der Waals surface area contributed by atoms with Crippen molar-refractivity contribution in [1.82, 2.24) is 4.57 Å². The summed E-state index contributed by atoms with van der Waals surface area (Å²) in [4.78, 5) is 2.27. The molecule has 2 atom stereocenters. The quantitative estimate of drug-likeness (QED) is 0.186. The summed E-state index contributed by atoms with van der Waals surface area (Å²) >= 11 is 0. The van der Waals surface area contributed by atoms with Gasteiger partial charge in [-0.3, -0.25) is 0 Å². The highest BCUT2D eigenvalue weighted by Gasteiger charge is 2.70. The van der Waals surface area contributed by atoms with Crippen LogP contribution < -0.4 is 14.4 Å². The highest BCUT2D eigenvalue weighted by molar-refractivity contribution is 6.09. The van der Waals surface area contributed by atoms with Gasteiger partial charge in [0.2, 0.25) is 0 Å². The lowest BCUT2D eigenvalue weighted by Crippen LogP contribution is -2.50. The maximum atomic E-state index is 7.25. The fourth-order valence-electron chi connectivity index (χ4n) is 8.59. The number of benzene rings is 7. The molecule has 240 valence electrons. The number of aryl methyl sites for hydroxylation is 1. The maximum Gasteiger partial charge on any atom is 0.296 e. The second kappa shape index (κ2) is 10.6. The molecule has 4 nitrogen and oxygen atoms in total. The molecular formula is C46H34N2O2. The average molecular weight is 647 g/mol. The van der Waals surface area contributed by atoms with Crippen molar-refractivity contribution in [3.05, 3.63) is 198 Å². The molecule has 50 heavy (non-hydrogen) atoms. The van der Waals surface area contributed by atoms with Crippen molar-refractivity contribution >= 4 is 33.2 Å². The summed E-state index contributed by atoms with van der Waals surface area (Å²) < 4.78 is 16.9. The number of para-hydroxylation sites is 3. The average Bonchev–Trinajstić information content (AvgIpc) is 3.77. The Balaban J connectivity index is 1.29. The molecule has 0 N–H and O–H groups in total. The lowest BCUT2D eigenvalue weighted by molar-refractivity contribution is -0.119. The van der Waals surface area contributed by atoms with E-state index >= 15 is 0 Å². The molecule has 1 aromatic heterocycles. The molecule has 0 saturated heterocycles. The van der Waals surface area contributed by atoms with Crippen molar-refractivity contribution in [2.75, 3.05) is 11.9 Å². The molecule has 0 fully saturated rings. The molecule has 7 aromatic carbocycles. The van der Waals surface area contributed by atoms with E-state index in [0.29, 0.717) is 0 Å². The number of hydrogen-bond donors (Lipinski definition) is 0. The Morgan fingerprint density at radius 2 is 1.06 bits per heavy atom. The summed E-state index contributed by atoms with van der Waals surface area (Å²) in [5, 5.41) is 2.46. The summed E-state index contributed by atoms with van der Waals surface area (Å²) in [6, 6.07) is 60.3. The summed E-state index contributed by atoms with van der Waals surface area (Å²) in [6.07, 6.45) is 0. The Morgan fingerprint density at radius 3 is 1.72 bits per heavy atom. The zero-order valence-electron chi connectivity index (χ0n) is 27.9. The molecular weight excluding hydrogens is 613 g/mol. The Hall–Kier alpha value is -6.26. The van der Waals surface area contributed by atoms with Crippen molar-refractivity contribution in [3.8, 4) is 17.2 Å². The number of ether oxygens (including phenoxy) is 2. The lowest BCUT2D eigenvalue weighted by Gasteiger charge is -2.38. The van der Waals surface area contributed by atoms with Crippen LogP contribution in [0.2, 0.25) is 0 Å². The van der Waals surface area contributed by atoms with E-state index in [0.717, 1.165) is 50.8 Å². The van der Waals surface area contributed by atoms with E-state index in [1.807, 2.05) is 6.07 Å². The van der Waals surface area contributed by atoms with Gasteiger partial charge < -0.3 is 18.9 Å². The fraction of sp³-hybridized carbons (Fsp3) is 0.0870. The molecule has 0 amide bonds. The van der Waals surface area contributed by atoms with E-state index in [-0.39, 0.29) is 0 Å². The van der Waals surface area contributed by atoms with Crippen LogP contribution in [0.25, 0.3) is 27.5 Å². The van der Waals surface area contributed by atoms with Crippen molar-refractivity contribution in [3.63, 3.8) is 0 Å². The van der Waals surface area contributed by atoms with E-state index in [2.05, 4.69) is 187 Å². The lowest BCUT2D eigenvalue weighted by atomic mass is 9.64. The Morgan fingerprint density at radius 1 is 0.520 bits per heavy atom. The number of anilines is 2. The molecule has 2 unspecified atom stereocenters. The third-order valence-electron chi connectivity index (χ3n) is 10.8. The number of nitrogens with zero attached hydrogens (tertiary/aromatic N) is 2. The van der Waals surface area contributed by atoms with Crippen molar-refractivity contribution in [2.45, 2.75) is 18.1 Å². The van der Waals surface area contributed by atoms with Crippen LogP contribution in [0.1, 0.15) is 27.8 Å². The van der Waals surface area contributed by atoms with Crippen LogP contribution in [-0.4, -0.2) is 11.6 Å². The molecule has 10 rings (SSSR count). The highest BCUT2D eigenvalue weighted by atomic mass is 16.7. The van der Waals surface area contributed by atoms with Crippen molar-refractivity contribution in [1.29, 1.82) is 0 Å². The van der Waals surface area contributed by atoms with Crippen LogP contribution in [0.4, 0.5) is 11.4 Å². The first kappa shape index (κ1) is 28.7. The van der Waals surface area contributed by atoms with Crippen LogP contribution in [0.3, 0.4) is 0 Å².